The Labute approximate surface area is 160 Å². The molecule has 0 aliphatic carbocycles. The highest BCUT2D eigenvalue weighted by atomic mass is 16.5. The molecule has 1 aliphatic heterocycles. The van der Waals surface area contributed by atoms with Crippen LogP contribution in [0.15, 0.2) is 30.3 Å². The molecule has 6 nitrogen and oxygen atoms in total. The molecule has 1 saturated heterocycles. The van der Waals surface area contributed by atoms with Gasteiger partial charge in [-0.25, -0.2) is 0 Å². The molecule has 6 heteroatoms. The molecule has 1 amide bonds. The first kappa shape index (κ1) is 19.1. The highest BCUT2D eigenvalue weighted by molar-refractivity contribution is 5.78. The van der Waals surface area contributed by atoms with Crippen molar-refractivity contribution in [2.24, 2.45) is 5.92 Å². The van der Waals surface area contributed by atoms with Gasteiger partial charge in [0.05, 0.1) is 12.2 Å². The molecule has 0 atom stereocenters. The monoisotopic (exact) mass is 368 g/mol. The lowest BCUT2D eigenvalue weighted by molar-refractivity contribution is -0.125. The van der Waals surface area contributed by atoms with E-state index in [1.807, 2.05) is 31.2 Å². The van der Waals surface area contributed by atoms with Crippen LogP contribution in [-0.4, -0.2) is 42.3 Å². The quantitative estimate of drug-likeness (QED) is 0.794. The lowest BCUT2D eigenvalue weighted by atomic mass is 9.96. The van der Waals surface area contributed by atoms with Crippen LogP contribution in [0.3, 0.4) is 0 Å². The van der Waals surface area contributed by atoms with Crippen LogP contribution in [0, 0.1) is 26.7 Å². The minimum absolute atomic E-state index is 0.0564. The zero-order chi connectivity index (χ0) is 19.2. The van der Waals surface area contributed by atoms with Crippen LogP contribution in [0.2, 0.25) is 0 Å². The molecule has 144 valence electrons. The second-order valence-corrected chi connectivity index (χ2v) is 7.26. The molecule has 1 fully saturated rings. The Hall–Kier alpha value is -2.63. The molecule has 1 aromatic carbocycles. The minimum atomic E-state index is 0.0564. The van der Waals surface area contributed by atoms with Crippen molar-refractivity contribution in [2.75, 3.05) is 31.1 Å². The fraction of sp³-hybridized carbons (Fsp3) is 0.476. The maximum Gasteiger partial charge on any atom is 0.223 e. The van der Waals surface area contributed by atoms with Gasteiger partial charge >= 0.3 is 0 Å². The van der Waals surface area contributed by atoms with Crippen molar-refractivity contribution in [1.29, 1.82) is 0 Å². The molecule has 0 radical (unpaired) electrons. The maximum absolute atomic E-state index is 12.4. The average molecular weight is 368 g/mol. The van der Waals surface area contributed by atoms with E-state index >= 15 is 0 Å². The molecule has 1 aromatic heterocycles. The van der Waals surface area contributed by atoms with Gasteiger partial charge in [-0.05, 0) is 69.0 Å². The van der Waals surface area contributed by atoms with E-state index in [0.717, 1.165) is 43.2 Å². The summed E-state index contributed by atoms with van der Waals surface area (Å²) in [4.78, 5) is 14.6. The number of hydrogen-bond donors (Lipinski definition) is 1. The number of ether oxygens (including phenoxy) is 1. The number of piperidine rings is 1. The number of anilines is 1. The fourth-order valence-corrected chi connectivity index (χ4v) is 3.44. The van der Waals surface area contributed by atoms with Crippen molar-refractivity contribution in [2.45, 2.75) is 33.6 Å². The van der Waals surface area contributed by atoms with Crippen molar-refractivity contribution in [3.05, 3.63) is 47.2 Å². The highest BCUT2D eigenvalue weighted by Crippen LogP contribution is 2.21. The SMILES string of the molecule is Cc1cc(C)cc(OCCNC(=O)C2CCN(c3ccc(C)nn3)CC2)c1. The standard InChI is InChI=1S/C21H28N4O2/c1-15-12-16(2)14-19(13-15)27-11-8-22-21(26)18-6-9-25(10-7-18)20-5-4-17(3)23-24-20/h4-5,12-14,18H,6-11H2,1-3H3,(H,22,26). The van der Waals surface area contributed by atoms with E-state index in [4.69, 9.17) is 4.74 Å². The summed E-state index contributed by atoms with van der Waals surface area (Å²) in [5, 5.41) is 11.3. The number of aryl methyl sites for hydroxylation is 3. The number of aromatic nitrogens is 2. The molecule has 27 heavy (non-hydrogen) atoms. The van der Waals surface area contributed by atoms with Gasteiger partial charge in [-0.1, -0.05) is 6.07 Å². The second-order valence-electron chi connectivity index (χ2n) is 7.26. The first-order chi connectivity index (χ1) is 13.0. The van der Waals surface area contributed by atoms with Crippen molar-refractivity contribution in [3.8, 4) is 5.75 Å². The number of nitrogens with zero attached hydrogens (tertiary/aromatic N) is 3. The van der Waals surface area contributed by atoms with Crippen molar-refractivity contribution in [3.63, 3.8) is 0 Å². The fourth-order valence-electron chi connectivity index (χ4n) is 3.44. The van der Waals surface area contributed by atoms with E-state index in [1.165, 1.54) is 11.1 Å². The van der Waals surface area contributed by atoms with Crippen LogP contribution in [-0.2, 0) is 4.79 Å². The number of nitrogens with one attached hydrogen (secondary N) is 1. The molecule has 3 rings (SSSR count). The van der Waals surface area contributed by atoms with Crippen molar-refractivity contribution < 1.29 is 9.53 Å². The summed E-state index contributed by atoms with van der Waals surface area (Å²) in [6, 6.07) is 10.1. The summed E-state index contributed by atoms with van der Waals surface area (Å²) in [5.41, 5.74) is 3.27. The number of amides is 1. The van der Waals surface area contributed by atoms with Gasteiger partial charge in [0.25, 0.3) is 0 Å². The van der Waals surface area contributed by atoms with E-state index in [9.17, 15) is 4.79 Å². The topological polar surface area (TPSA) is 67.3 Å². The van der Waals surface area contributed by atoms with E-state index in [1.54, 1.807) is 0 Å². The molecule has 0 unspecified atom stereocenters. The second kappa shape index (κ2) is 8.84. The predicted molar refractivity (Wildman–Crippen MR) is 106 cm³/mol. The molecule has 0 bridgehead atoms. The summed E-state index contributed by atoms with van der Waals surface area (Å²) >= 11 is 0. The Bertz CT molecular complexity index is 748. The Kier molecular flexibility index (Phi) is 6.27. The molecule has 1 aliphatic rings. The number of carbonyl (C=O) groups is 1. The molecular formula is C21H28N4O2. The largest absolute Gasteiger partial charge is 0.492 e. The molecular weight excluding hydrogens is 340 g/mol. The van der Waals surface area contributed by atoms with E-state index in [0.29, 0.717) is 13.2 Å². The Morgan fingerprint density at radius 1 is 1.11 bits per heavy atom. The van der Waals surface area contributed by atoms with Crippen LogP contribution < -0.4 is 15.0 Å². The Morgan fingerprint density at radius 2 is 1.81 bits per heavy atom. The smallest absolute Gasteiger partial charge is 0.223 e. The number of carbonyl (C=O) groups excluding carboxylic acids is 1. The Balaban J connectivity index is 1.38. The van der Waals surface area contributed by atoms with E-state index in [2.05, 4.69) is 40.3 Å². The lowest BCUT2D eigenvalue weighted by Crippen LogP contribution is -2.41. The van der Waals surface area contributed by atoms with Gasteiger partial charge in [-0.2, -0.15) is 5.10 Å². The van der Waals surface area contributed by atoms with Gasteiger partial charge in [0.2, 0.25) is 5.91 Å². The normalized spacial score (nSPS) is 14.9. The lowest BCUT2D eigenvalue weighted by Gasteiger charge is -2.31. The first-order valence-corrected chi connectivity index (χ1v) is 9.55. The molecule has 0 spiro atoms. The number of rotatable bonds is 6. The third kappa shape index (κ3) is 5.42. The molecule has 0 saturated carbocycles. The predicted octanol–water partition coefficient (Wildman–Crippen LogP) is 2.81. The molecule has 2 aromatic rings. The summed E-state index contributed by atoms with van der Waals surface area (Å²) in [6.45, 7) is 8.69. The van der Waals surface area contributed by atoms with Gasteiger partial charge in [-0.3, -0.25) is 4.79 Å². The average Bonchev–Trinajstić information content (AvgIpc) is 2.65. The van der Waals surface area contributed by atoms with E-state index in [-0.39, 0.29) is 11.8 Å². The number of hydrogen-bond acceptors (Lipinski definition) is 5. The van der Waals surface area contributed by atoms with Crippen LogP contribution in [0.25, 0.3) is 0 Å². The van der Waals surface area contributed by atoms with Crippen LogP contribution in [0.5, 0.6) is 5.75 Å². The minimum Gasteiger partial charge on any atom is -0.492 e. The zero-order valence-electron chi connectivity index (χ0n) is 16.4. The van der Waals surface area contributed by atoms with Gasteiger partial charge in [0.15, 0.2) is 5.82 Å². The molecule has 1 N–H and O–H groups in total. The maximum atomic E-state index is 12.4. The van der Waals surface area contributed by atoms with Crippen LogP contribution in [0.1, 0.15) is 29.7 Å². The third-order valence-corrected chi connectivity index (χ3v) is 4.84. The molecule has 2 heterocycles. The number of benzene rings is 1. The summed E-state index contributed by atoms with van der Waals surface area (Å²) in [6.07, 6.45) is 1.67. The Morgan fingerprint density at radius 3 is 2.44 bits per heavy atom. The van der Waals surface area contributed by atoms with Gasteiger partial charge in [0, 0.05) is 19.0 Å². The zero-order valence-corrected chi connectivity index (χ0v) is 16.4. The summed E-state index contributed by atoms with van der Waals surface area (Å²) in [5.74, 6) is 1.92. The third-order valence-electron chi connectivity index (χ3n) is 4.84. The van der Waals surface area contributed by atoms with E-state index < -0.39 is 0 Å². The van der Waals surface area contributed by atoms with Gasteiger partial charge in [-0.15, -0.1) is 5.10 Å². The summed E-state index contributed by atoms with van der Waals surface area (Å²) in [7, 11) is 0. The van der Waals surface area contributed by atoms with Crippen LogP contribution in [0.4, 0.5) is 5.82 Å². The first-order valence-electron chi connectivity index (χ1n) is 9.55. The van der Waals surface area contributed by atoms with Crippen molar-refractivity contribution in [1.82, 2.24) is 15.5 Å². The van der Waals surface area contributed by atoms with Crippen molar-refractivity contribution >= 4 is 11.7 Å². The summed E-state index contributed by atoms with van der Waals surface area (Å²) < 4.78 is 5.75. The van der Waals surface area contributed by atoms with Crippen LogP contribution >= 0.6 is 0 Å². The van der Waals surface area contributed by atoms with Gasteiger partial charge in [0.1, 0.15) is 12.4 Å². The van der Waals surface area contributed by atoms with Gasteiger partial charge < -0.3 is 15.0 Å². The highest BCUT2D eigenvalue weighted by Gasteiger charge is 2.25.